The van der Waals surface area contributed by atoms with Gasteiger partial charge in [-0.05, 0) is 30.7 Å². The highest BCUT2D eigenvalue weighted by Crippen LogP contribution is 2.44. The minimum Gasteiger partial charge on any atom is -0.383 e. The number of likely N-dealkylation sites (tertiary alicyclic amines) is 1. The van der Waals surface area contributed by atoms with Crippen molar-refractivity contribution in [3.63, 3.8) is 0 Å². The van der Waals surface area contributed by atoms with E-state index in [-0.39, 0.29) is 17.4 Å². The highest BCUT2D eigenvalue weighted by Gasteiger charge is 2.47. The van der Waals surface area contributed by atoms with Crippen LogP contribution in [0.5, 0.6) is 0 Å². The van der Waals surface area contributed by atoms with Gasteiger partial charge >= 0.3 is 0 Å². The molecule has 0 bridgehead atoms. The van der Waals surface area contributed by atoms with Crippen molar-refractivity contribution in [2.45, 2.75) is 25.3 Å². The van der Waals surface area contributed by atoms with Crippen LogP contribution in [0.15, 0.2) is 37.1 Å². The molecular weight excluding hydrogens is 344 g/mol. The fourth-order valence-electron chi connectivity index (χ4n) is 4.30. The number of methoxy groups -OCH3 is 1. The van der Waals surface area contributed by atoms with Crippen molar-refractivity contribution in [1.29, 1.82) is 0 Å². The normalized spacial score (nSPS) is 21.6. The lowest BCUT2D eigenvalue weighted by Crippen LogP contribution is -2.44. The van der Waals surface area contributed by atoms with Gasteiger partial charge < -0.3 is 14.5 Å². The minimum atomic E-state index is -0.0346. The number of piperidine rings is 1. The molecule has 1 spiro atoms. The zero-order valence-corrected chi connectivity index (χ0v) is 15.5. The summed E-state index contributed by atoms with van der Waals surface area (Å²) in [4.78, 5) is 33.8. The molecule has 8 heteroatoms. The van der Waals surface area contributed by atoms with Gasteiger partial charge in [0.2, 0.25) is 5.95 Å². The standard InChI is InChI=1S/C19H24N6O2/c1-27-13-15-11-19(14-25(15)18-22-5-2-6-23-18)3-9-24(10-4-19)17(26)16-12-20-7-8-21-16/h2,5-8,12,15H,3-4,9-11,13-14H2,1H3/t15-/m1/s1. The summed E-state index contributed by atoms with van der Waals surface area (Å²) in [5.41, 5.74) is 0.582. The van der Waals surface area contributed by atoms with Crippen LogP contribution in [-0.2, 0) is 4.74 Å². The topological polar surface area (TPSA) is 84.3 Å². The van der Waals surface area contributed by atoms with Gasteiger partial charge in [-0.1, -0.05) is 0 Å². The minimum absolute atomic E-state index is 0.0346. The molecule has 4 rings (SSSR count). The van der Waals surface area contributed by atoms with Gasteiger partial charge in [0, 0.05) is 51.5 Å². The van der Waals surface area contributed by atoms with Crippen LogP contribution in [0.2, 0.25) is 0 Å². The van der Waals surface area contributed by atoms with E-state index < -0.39 is 0 Å². The molecule has 142 valence electrons. The third kappa shape index (κ3) is 3.62. The summed E-state index contributed by atoms with van der Waals surface area (Å²) >= 11 is 0. The van der Waals surface area contributed by atoms with Crippen LogP contribution >= 0.6 is 0 Å². The lowest BCUT2D eigenvalue weighted by molar-refractivity contribution is 0.0592. The first-order valence-electron chi connectivity index (χ1n) is 9.29. The molecule has 0 unspecified atom stereocenters. The number of anilines is 1. The molecule has 0 radical (unpaired) electrons. The van der Waals surface area contributed by atoms with Crippen LogP contribution in [0.4, 0.5) is 5.95 Å². The van der Waals surface area contributed by atoms with Gasteiger partial charge in [0.25, 0.3) is 5.91 Å². The van der Waals surface area contributed by atoms with E-state index in [9.17, 15) is 4.79 Å². The second-order valence-corrected chi connectivity index (χ2v) is 7.37. The average Bonchev–Trinajstić information content (AvgIpc) is 3.07. The van der Waals surface area contributed by atoms with Gasteiger partial charge in [-0.25, -0.2) is 15.0 Å². The molecule has 0 aromatic carbocycles. The molecule has 1 amide bonds. The Morgan fingerprint density at radius 1 is 1.19 bits per heavy atom. The molecule has 0 aliphatic carbocycles. The number of rotatable bonds is 4. The fourth-order valence-corrected chi connectivity index (χ4v) is 4.30. The van der Waals surface area contributed by atoms with Crippen molar-refractivity contribution in [2.24, 2.45) is 5.41 Å². The highest BCUT2D eigenvalue weighted by molar-refractivity contribution is 5.92. The van der Waals surface area contributed by atoms with E-state index in [0.717, 1.165) is 44.8 Å². The smallest absolute Gasteiger partial charge is 0.274 e. The Hall–Kier alpha value is -2.61. The molecule has 2 aromatic heterocycles. The molecule has 27 heavy (non-hydrogen) atoms. The van der Waals surface area contributed by atoms with Gasteiger partial charge in [0.05, 0.1) is 18.8 Å². The molecule has 4 heterocycles. The molecule has 0 saturated carbocycles. The van der Waals surface area contributed by atoms with Crippen LogP contribution < -0.4 is 4.90 Å². The van der Waals surface area contributed by atoms with Crippen LogP contribution in [-0.4, -0.2) is 70.1 Å². The number of aromatic nitrogens is 4. The summed E-state index contributed by atoms with van der Waals surface area (Å²) in [6, 6.07) is 2.09. The number of ether oxygens (including phenoxy) is 1. The Kier molecular flexibility index (Phi) is 4.98. The predicted octanol–water partition coefficient (Wildman–Crippen LogP) is 1.41. The average molecular weight is 368 g/mol. The highest BCUT2D eigenvalue weighted by atomic mass is 16.5. The van der Waals surface area contributed by atoms with E-state index in [1.54, 1.807) is 31.9 Å². The lowest BCUT2D eigenvalue weighted by Gasteiger charge is -2.39. The van der Waals surface area contributed by atoms with Crippen molar-refractivity contribution in [1.82, 2.24) is 24.8 Å². The second-order valence-electron chi connectivity index (χ2n) is 7.37. The molecule has 8 nitrogen and oxygen atoms in total. The zero-order valence-electron chi connectivity index (χ0n) is 15.5. The fraction of sp³-hybridized carbons (Fsp3) is 0.526. The maximum Gasteiger partial charge on any atom is 0.274 e. The van der Waals surface area contributed by atoms with Gasteiger partial charge in [-0.3, -0.25) is 9.78 Å². The summed E-state index contributed by atoms with van der Waals surface area (Å²) in [7, 11) is 1.73. The van der Waals surface area contributed by atoms with Crippen LogP contribution in [0.25, 0.3) is 0 Å². The summed E-state index contributed by atoms with van der Waals surface area (Å²) in [6.07, 6.45) is 11.2. The van der Waals surface area contributed by atoms with E-state index in [1.165, 1.54) is 6.20 Å². The Morgan fingerprint density at radius 2 is 1.96 bits per heavy atom. The second kappa shape index (κ2) is 7.56. The number of hydrogen-bond acceptors (Lipinski definition) is 7. The number of nitrogens with zero attached hydrogens (tertiary/aromatic N) is 6. The van der Waals surface area contributed by atoms with Crippen LogP contribution in [0.1, 0.15) is 29.8 Å². The number of carbonyl (C=O) groups is 1. The molecular formula is C19H24N6O2. The first-order chi connectivity index (χ1) is 13.2. The van der Waals surface area contributed by atoms with Gasteiger partial charge in [0.15, 0.2) is 0 Å². The lowest BCUT2D eigenvalue weighted by atomic mass is 9.76. The predicted molar refractivity (Wildman–Crippen MR) is 99.3 cm³/mol. The van der Waals surface area contributed by atoms with Crippen molar-refractivity contribution < 1.29 is 9.53 Å². The Bertz CT molecular complexity index is 764. The first-order valence-corrected chi connectivity index (χ1v) is 9.29. The summed E-state index contributed by atoms with van der Waals surface area (Å²) in [5.74, 6) is 0.724. The molecule has 2 aliphatic heterocycles. The Morgan fingerprint density at radius 3 is 2.63 bits per heavy atom. The third-order valence-corrected chi connectivity index (χ3v) is 5.68. The summed E-state index contributed by atoms with van der Waals surface area (Å²) in [6.45, 7) is 3.03. The molecule has 2 aromatic rings. The number of amides is 1. The number of carbonyl (C=O) groups excluding carboxylic acids is 1. The summed E-state index contributed by atoms with van der Waals surface area (Å²) < 4.78 is 5.45. The van der Waals surface area contributed by atoms with Crippen molar-refractivity contribution in [2.75, 3.05) is 38.3 Å². The van der Waals surface area contributed by atoms with Crippen molar-refractivity contribution >= 4 is 11.9 Å². The zero-order chi connectivity index (χ0) is 18.7. The largest absolute Gasteiger partial charge is 0.383 e. The van der Waals surface area contributed by atoms with E-state index in [0.29, 0.717) is 12.3 Å². The molecule has 0 N–H and O–H groups in total. The Balaban J connectivity index is 1.45. The number of hydrogen-bond donors (Lipinski definition) is 0. The molecule has 2 fully saturated rings. The van der Waals surface area contributed by atoms with E-state index in [1.807, 2.05) is 11.0 Å². The third-order valence-electron chi connectivity index (χ3n) is 5.68. The molecule has 2 aliphatic rings. The quantitative estimate of drug-likeness (QED) is 0.807. The van der Waals surface area contributed by atoms with Crippen molar-refractivity contribution in [3.05, 3.63) is 42.7 Å². The van der Waals surface area contributed by atoms with Crippen molar-refractivity contribution in [3.8, 4) is 0 Å². The van der Waals surface area contributed by atoms with Crippen LogP contribution in [0.3, 0.4) is 0 Å². The molecule has 1 atom stereocenters. The van der Waals surface area contributed by atoms with Gasteiger partial charge in [0.1, 0.15) is 5.69 Å². The monoisotopic (exact) mass is 368 g/mol. The van der Waals surface area contributed by atoms with Crippen LogP contribution in [0, 0.1) is 5.41 Å². The summed E-state index contributed by atoms with van der Waals surface area (Å²) in [5, 5.41) is 0. The SMILES string of the molecule is COC[C@H]1CC2(CCN(C(=O)c3cnccn3)CC2)CN1c1ncccn1. The molecule has 2 saturated heterocycles. The maximum atomic E-state index is 12.6. The van der Waals surface area contributed by atoms with Gasteiger partial charge in [-0.15, -0.1) is 0 Å². The van der Waals surface area contributed by atoms with E-state index in [2.05, 4.69) is 24.8 Å². The maximum absolute atomic E-state index is 12.6. The van der Waals surface area contributed by atoms with E-state index in [4.69, 9.17) is 4.74 Å². The Labute approximate surface area is 158 Å². The van der Waals surface area contributed by atoms with Gasteiger partial charge in [-0.2, -0.15) is 0 Å². The van der Waals surface area contributed by atoms with E-state index >= 15 is 0 Å². The first kappa shape index (κ1) is 17.8.